The third-order valence-corrected chi connectivity index (χ3v) is 2.20. The summed E-state index contributed by atoms with van der Waals surface area (Å²) in [5.74, 6) is 1.07. The lowest BCUT2D eigenvalue weighted by Crippen LogP contribution is -2.11. The van der Waals surface area contributed by atoms with Gasteiger partial charge in [-0.1, -0.05) is 41.5 Å². The maximum absolute atomic E-state index is 5.56. The second-order valence-corrected chi connectivity index (χ2v) is 5.70. The first kappa shape index (κ1) is 10.4. The van der Waals surface area contributed by atoms with Crippen molar-refractivity contribution in [3.8, 4) is 0 Å². The van der Waals surface area contributed by atoms with Crippen LogP contribution in [-0.2, 0) is 10.8 Å². The molecule has 0 fully saturated rings. The maximum Gasteiger partial charge on any atom is 0.109 e. The lowest BCUT2D eigenvalue weighted by molar-refractivity contribution is 0.407. The van der Waals surface area contributed by atoms with E-state index in [9.17, 15) is 0 Å². The van der Waals surface area contributed by atoms with Crippen molar-refractivity contribution in [1.82, 2.24) is 0 Å². The SMILES string of the molecule is CC(C)(C)c1coc(C(C)(C)C)c1. The van der Waals surface area contributed by atoms with Crippen LogP contribution in [0.5, 0.6) is 0 Å². The molecule has 0 bridgehead atoms. The summed E-state index contributed by atoms with van der Waals surface area (Å²) >= 11 is 0. The zero-order chi connectivity index (χ0) is 10.3. The van der Waals surface area contributed by atoms with Gasteiger partial charge in [0.05, 0.1) is 6.26 Å². The fourth-order valence-electron chi connectivity index (χ4n) is 1.12. The molecule has 0 radical (unpaired) electrons. The van der Waals surface area contributed by atoms with Crippen LogP contribution in [0.1, 0.15) is 52.9 Å². The predicted molar refractivity (Wildman–Crippen MR) is 56.1 cm³/mol. The molecule has 1 rings (SSSR count). The third-order valence-electron chi connectivity index (χ3n) is 2.20. The minimum atomic E-state index is 0.115. The number of hydrogen-bond donors (Lipinski definition) is 0. The monoisotopic (exact) mass is 180 g/mol. The van der Waals surface area contributed by atoms with Crippen LogP contribution in [-0.4, -0.2) is 0 Å². The second kappa shape index (κ2) is 2.90. The summed E-state index contributed by atoms with van der Waals surface area (Å²) in [4.78, 5) is 0. The summed E-state index contributed by atoms with van der Waals surface area (Å²) in [6, 6.07) is 2.17. The van der Waals surface area contributed by atoms with Gasteiger partial charge in [0.15, 0.2) is 0 Å². The van der Waals surface area contributed by atoms with Crippen LogP contribution in [0.25, 0.3) is 0 Å². The number of furan rings is 1. The van der Waals surface area contributed by atoms with Gasteiger partial charge in [0.25, 0.3) is 0 Å². The Hall–Kier alpha value is -0.720. The lowest BCUT2D eigenvalue weighted by Gasteiger charge is -2.16. The van der Waals surface area contributed by atoms with Crippen molar-refractivity contribution in [1.29, 1.82) is 0 Å². The van der Waals surface area contributed by atoms with E-state index in [1.165, 1.54) is 5.56 Å². The van der Waals surface area contributed by atoms with Crippen LogP contribution < -0.4 is 0 Å². The molecule has 0 aromatic carbocycles. The first-order chi connectivity index (χ1) is 5.71. The fraction of sp³-hybridized carbons (Fsp3) is 0.667. The van der Waals surface area contributed by atoms with E-state index in [4.69, 9.17) is 4.42 Å². The van der Waals surface area contributed by atoms with Crippen molar-refractivity contribution >= 4 is 0 Å². The summed E-state index contributed by atoms with van der Waals surface area (Å²) in [6.45, 7) is 13.1. The third kappa shape index (κ3) is 2.36. The summed E-state index contributed by atoms with van der Waals surface area (Å²) in [6.07, 6.45) is 1.88. The topological polar surface area (TPSA) is 13.1 Å². The maximum atomic E-state index is 5.56. The summed E-state index contributed by atoms with van der Waals surface area (Å²) in [5.41, 5.74) is 1.58. The van der Waals surface area contributed by atoms with Gasteiger partial charge in [-0.05, 0) is 17.0 Å². The highest BCUT2D eigenvalue weighted by Crippen LogP contribution is 2.30. The average molecular weight is 180 g/mol. The zero-order valence-corrected chi connectivity index (χ0v) is 9.56. The quantitative estimate of drug-likeness (QED) is 0.590. The minimum Gasteiger partial charge on any atom is -0.468 e. The molecule has 0 N–H and O–H groups in total. The summed E-state index contributed by atoms with van der Waals surface area (Å²) in [5, 5.41) is 0. The molecule has 0 aliphatic carbocycles. The Bertz CT molecular complexity index is 252. The van der Waals surface area contributed by atoms with Crippen LogP contribution in [0.3, 0.4) is 0 Å². The van der Waals surface area contributed by atoms with E-state index in [1.807, 2.05) is 6.26 Å². The van der Waals surface area contributed by atoms with Gasteiger partial charge < -0.3 is 4.42 Å². The highest BCUT2D eigenvalue weighted by Gasteiger charge is 2.22. The highest BCUT2D eigenvalue weighted by molar-refractivity contribution is 5.24. The molecule has 0 amide bonds. The smallest absolute Gasteiger partial charge is 0.109 e. The van der Waals surface area contributed by atoms with Crippen molar-refractivity contribution in [3.05, 3.63) is 23.7 Å². The standard InChI is InChI=1S/C12H20O/c1-11(2,3)9-7-10(13-8-9)12(4,5)6/h7-8H,1-6H3. The van der Waals surface area contributed by atoms with Crippen LogP contribution in [0.2, 0.25) is 0 Å². The van der Waals surface area contributed by atoms with E-state index in [1.54, 1.807) is 0 Å². The highest BCUT2D eigenvalue weighted by atomic mass is 16.3. The van der Waals surface area contributed by atoms with E-state index >= 15 is 0 Å². The van der Waals surface area contributed by atoms with Crippen molar-refractivity contribution < 1.29 is 4.42 Å². The molecule has 0 atom stereocenters. The Balaban J connectivity index is 3.01. The van der Waals surface area contributed by atoms with Crippen molar-refractivity contribution in [2.24, 2.45) is 0 Å². The first-order valence-electron chi connectivity index (χ1n) is 4.81. The van der Waals surface area contributed by atoms with Crippen molar-refractivity contribution in [2.45, 2.75) is 52.4 Å². The predicted octanol–water partition coefficient (Wildman–Crippen LogP) is 3.87. The molecule has 0 aliphatic heterocycles. The van der Waals surface area contributed by atoms with Crippen LogP contribution in [0, 0.1) is 0 Å². The van der Waals surface area contributed by atoms with Crippen molar-refractivity contribution in [2.75, 3.05) is 0 Å². The van der Waals surface area contributed by atoms with E-state index in [-0.39, 0.29) is 10.8 Å². The van der Waals surface area contributed by atoms with Gasteiger partial charge in [0.1, 0.15) is 5.76 Å². The van der Waals surface area contributed by atoms with Gasteiger partial charge >= 0.3 is 0 Å². The van der Waals surface area contributed by atoms with Crippen LogP contribution >= 0.6 is 0 Å². The van der Waals surface area contributed by atoms with E-state index in [0.29, 0.717) is 0 Å². The molecule has 1 heterocycles. The molecule has 0 saturated carbocycles. The van der Waals surface area contributed by atoms with E-state index in [0.717, 1.165) is 5.76 Å². The molecule has 1 heteroatoms. The number of hydrogen-bond acceptors (Lipinski definition) is 1. The van der Waals surface area contributed by atoms with Gasteiger partial charge in [-0.25, -0.2) is 0 Å². The first-order valence-corrected chi connectivity index (χ1v) is 4.81. The molecule has 74 valence electrons. The minimum absolute atomic E-state index is 0.115. The Kier molecular flexibility index (Phi) is 2.31. The van der Waals surface area contributed by atoms with Crippen LogP contribution in [0.15, 0.2) is 16.7 Å². The Morgan fingerprint density at radius 1 is 0.923 bits per heavy atom. The molecule has 13 heavy (non-hydrogen) atoms. The average Bonchev–Trinajstić information content (AvgIpc) is 2.28. The molecule has 0 spiro atoms. The molecular weight excluding hydrogens is 160 g/mol. The zero-order valence-electron chi connectivity index (χ0n) is 9.56. The second-order valence-electron chi connectivity index (χ2n) is 5.70. The molecule has 1 aromatic heterocycles. The molecule has 0 unspecified atom stereocenters. The molecule has 1 aromatic rings. The number of rotatable bonds is 0. The Labute approximate surface area is 81.1 Å². The Morgan fingerprint density at radius 3 is 1.69 bits per heavy atom. The van der Waals surface area contributed by atoms with Gasteiger partial charge in [-0.15, -0.1) is 0 Å². The van der Waals surface area contributed by atoms with Gasteiger partial charge in [-0.3, -0.25) is 0 Å². The van der Waals surface area contributed by atoms with Gasteiger partial charge in [0, 0.05) is 5.41 Å². The van der Waals surface area contributed by atoms with Crippen LogP contribution in [0.4, 0.5) is 0 Å². The molecule has 1 nitrogen and oxygen atoms in total. The fourth-order valence-corrected chi connectivity index (χ4v) is 1.12. The van der Waals surface area contributed by atoms with Crippen molar-refractivity contribution in [3.63, 3.8) is 0 Å². The van der Waals surface area contributed by atoms with E-state index < -0.39 is 0 Å². The molecule has 0 saturated heterocycles. The Morgan fingerprint density at radius 2 is 1.46 bits per heavy atom. The molecule has 0 aliphatic rings. The van der Waals surface area contributed by atoms with E-state index in [2.05, 4.69) is 47.6 Å². The lowest BCUT2D eigenvalue weighted by atomic mass is 9.86. The van der Waals surface area contributed by atoms with Gasteiger partial charge in [-0.2, -0.15) is 0 Å². The normalized spacial score (nSPS) is 13.4. The largest absolute Gasteiger partial charge is 0.468 e. The summed E-state index contributed by atoms with van der Waals surface area (Å²) in [7, 11) is 0. The van der Waals surface area contributed by atoms with Gasteiger partial charge in [0.2, 0.25) is 0 Å². The summed E-state index contributed by atoms with van der Waals surface area (Å²) < 4.78 is 5.56. The molecular formula is C12H20O.